The number of aromatic nitrogens is 2. The second-order valence-corrected chi connectivity index (χ2v) is 12.5. The van der Waals surface area contributed by atoms with Crippen LogP contribution in [-0.2, 0) is 27.1 Å². The van der Waals surface area contributed by atoms with Crippen LogP contribution in [0.2, 0.25) is 0 Å². The summed E-state index contributed by atoms with van der Waals surface area (Å²) in [6.07, 6.45) is 3.40. The van der Waals surface area contributed by atoms with E-state index in [2.05, 4.69) is 4.98 Å². The molecule has 0 aliphatic carbocycles. The Morgan fingerprint density at radius 1 is 1.08 bits per heavy atom. The molecule has 12 heteroatoms. The molecule has 0 amide bonds. The van der Waals surface area contributed by atoms with E-state index in [1.807, 2.05) is 6.92 Å². The first-order valence-electron chi connectivity index (χ1n) is 12.2. The highest BCUT2D eigenvalue weighted by Gasteiger charge is 2.30. The molecule has 0 saturated carbocycles. The first kappa shape index (κ1) is 26.5. The van der Waals surface area contributed by atoms with Gasteiger partial charge in [-0.25, -0.2) is 31.0 Å². The topological polar surface area (TPSA) is 64.4 Å². The van der Waals surface area contributed by atoms with Crippen LogP contribution in [0.5, 0.6) is 0 Å². The van der Waals surface area contributed by atoms with Gasteiger partial charge in [-0.05, 0) is 49.8 Å². The number of hydrogen-bond donors (Lipinski definition) is 0. The zero-order valence-corrected chi connectivity index (χ0v) is 21.9. The van der Waals surface area contributed by atoms with Gasteiger partial charge in [0.2, 0.25) is 10.0 Å². The predicted molar refractivity (Wildman–Crippen MR) is 132 cm³/mol. The average Bonchev–Trinajstić information content (AvgIpc) is 3.51. The third-order valence-corrected chi connectivity index (χ3v) is 9.76. The van der Waals surface area contributed by atoms with E-state index in [0.717, 1.165) is 37.4 Å². The molecular weight excluding hydrogens is 530 g/mol. The molecule has 1 aromatic heterocycles. The van der Waals surface area contributed by atoms with Gasteiger partial charge >= 0.3 is 0 Å². The highest BCUT2D eigenvalue weighted by atomic mass is 32.2. The van der Waals surface area contributed by atoms with Crippen LogP contribution in [0.15, 0.2) is 34.3 Å². The Hall–Kier alpha value is -2.15. The highest BCUT2D eigenvalue weighted by Crippen LogP contribution is 2.33. The molecule has 37 heavy (non-hydrogen) atoms. The number of nitrogens with zero attached hydrogens (tertiary/aromatic N) is 3. The lowest BCUT2D eigenvalue weighted by Gasteiger charge is -2.30. The summed E-state index contributed by atoms with van der Waals surface area (Å²) in [7, 11) is -3.72. The number of halogens is 4. The molecule has 2 saturated heterocycles. The van der Waals surface area contributed by atoms with Crippen LogP contribution < -0.4 is 0 Å². The SMILES string of the molecule is C[C@@H]1CCCN(S(=O)(=O)c2ccc3c(c2)nc(SCc2c(F)c(F)cc(F)c2F)n3C[C@@H]2CCCO2)C1. The molecule has 0 N–H and O–H groups in total. The Morgan fingerprint density at radius 3 is 2.51 bits per heavy atom. The van der Waals surface area contributed by atoms with Gasteiger partial charge in [0.1, 0.15) is 0 Å². The first-order valence-corrected chi connectivity index (χ1v) is 14.6. The summed E-state index contributed by atoms with van der Waals surface area (Å²) in [6.45, 7) is 3.96. The molecule has 3 heterocycles. The first-order chi connectivity index (χ1) is 17.6. The van der Waals surface area contributed by atoms with Crippen molar-refractivity contribution >= 4 is 32.8 Å². The zero-order chi connectivity index (χ0) is 26.3. The van der Waals surface area contributed by atoms with E-state index in [9.17, 15) is 26.0 Å². The van der Waals surface area contributed by atoms with E-state index < -0.39 is 44.6 Å². The molecule has 0 spiro atoms. The molecule has 0 unspecified atom stereocenters. The molecule has 6 nitrogen and oxygen atoms in total. The molecule has 2 atom stereocenters. The summed E-state index contributed by atoms with van der Waals surface area (Å²) in [6, 6.07) is 4.89. The van der Waals surface area contributed by atoms with Gasteiger partial charge in [-0.1, -0.05) is 18.7 Å². The zero-order valence-electron chi connectivity index (χ0n) is 20.2. The van der Waals surface area contributed by atoms with Gasteiger partial charge in [-0.15, -0.1) is 0 Å². The number of thioether (sulfide) groups is 1. The van der Waals surface area contributed by atoms with E-state index in [1.54, 1.807) is 16.7 Å². The van der Waals surface area contributed by atoms with E-state index in [-0.39, 0.29) is 23.0 Å². The van der Waals surface area contributed by atoms with Crippen LogP contribution >= 0.6 is 11.8 Å². The number of sulfonamides is 1. The lowest BCUT2D eigenvalue weighted by molar-refractivity contribution is 0.0960. The van der Waals surface area contributed by atoms with Crippen molar-refractivity contribution in [3.63, 3.8) is 0 Å². The second-order valence-electron chi connectivity index (χ2n) is 9.64. The minimum atomic E-state index is -3.72. The Balaban J connectivity index is 1.50. The maximum atomic E-state index is 14.3. The van der Waals surface area contributed by atoms with Crippen molar-refractivity contribution in [2.24, 2.45) is 5.92 Å². The highest BCUT2D eigenvalue weighted by molar-refractivity contribution is 7.98. The summed E-state index contributed by atoms with van der Waals surface area (Å²) in [5, 5.41) is 0.343. The molecular formula is C25H27F4N3O3S2. The third-order valence-electron chi connectivity index (χ3n) is 6.90. The summed E-state index contributed by atoms with van der Waals surface area (Å²) < 4.78 is 91.6. The largest absolute Gasteiger partial charge is 0.376 e. The summed E-state index contributed by atoms with van der Waals surface area (Å²) >= 11 is 0.920. The number of benzene rings is 2. The lowest BCUT2D eigenvalue weighted by Crippen LogP contribution is -2.39. The van der Waals surface area contributed by atoms with Crippen molar-refractivity contribution in [1.29, 1.82) is 0 Å². The lowest BCUT2D eigenvalue weighted by atomic mass is 10.0. The van der Waals surface area contributed by atoms with E-state index in [0.29, 0.717) is 42.4 Å². The Kier molecular flexibility index (Phi) is 7.54. The minimum Gasteiger partial charge on any atom is -0.376 e. The smallest absolute Gasteiger partial charge is 0.243 e. The van der Waals surface area contributed by atoms with Crippen molar-refractivity contribution in [3.8, 4) is 0 Å². The molecule has 2 aromatic carbocycles. The van der Waals surface area contributed by atoms with Gasteiger partial charge in [0, 0.05) is 37.1 Å². The fraction of sp³-hybridized carbons (Fsp3) is 0.480. The summed E-state index contributed by atoms with van der Waals surface area (Å²) in [5.74, 6) is -5.96. The molecule has 3 aromatic rings. The standard InChI is InChI=1S/C25H27F4N3O3S2/c1-15-4-2-8-31(12-15)37(33,34)17-6-7-22-21(10-17)30-25(32(22)13-16-5-3-9-35-16)36-14-18-23(28)19(26)11-20(27)24(18)29/h6-7,10-11,15-16H,2-5,8-9,12-14H2,1H3/t15-,16+/m1/s1. The number of piperidine rings is 1. The van der Waals surface area contributed by atoms with Crippen molar-refractivity contribution < 1.29 is 30.7 Å². The molecule has 0 radical (unpaired) electrons. The number of fused-ring (bicyclic) bond motifs is 1. The summed E-state index contributed by atoms with van der Waals surface area (Å²) in [4.78, 5) is 4.69. The third kappa shape index (κ3) is 5.25. The number of hydrogen-bond acceptors (Lipinski definition) is 5. The Labute approximate surface area is 217 Å². The monoisotopic (exact) mass is 557 g/mol. The maximum Gasteiger partial charge on any atom is 0.243 e. The Bertz CT molecular complexity index is 1400. The number of rotatable bonds is 7. The van der Waals surface area contributed by atoms with Crippen molar-refractivity contribution in [3.05, 3.63) is 53.1 Å². The summed E-state index contributed by atoms with van der Waals surface area (Å²) in [5.41, 5.74) is 0.314. The van der Waals surface area contributed by atoms with Crippen molar-refractivity contribution in [2.75, 3.05) is 19.7 Å². The van der Waals surface area contributed by atoms with Gasteiger partial charge in [0.15, 0.2) is 28.4 Å². The van der Waals surface area contributed by atoms with Gasteiger partial charge in [0.05, 0.1) is 28.6 Å². The fourth-order valence-corrected chi connectivity index (χ4v) is 7.56. The van der Waals surface area contributed by atoms with Crippen LogP contribution in [0, 0.1) is 29.2 Å². The van der Waals surface area contributed by atoms with Crippen LogP contribution in [0.1, 0.15) is 38.2 Å². The molecule has 5 rings (SSSR count). The molecule has 2 aliphatic rings. The molecule has 0 bridgehead atoms. The average molecular weight is 558 g/mol. The van der Waals surface area contributed by atoms with E-state index in [1.165, 1.54) is 10.4 Å². The van der Waals surface area contributed by atoms with Crippen LogP contribution in [0.4, 0.5) is 17.6 Å². The van der Waals surface area contributed by atoms with Gasteiger partial charge < -0.3 is 9.30 Å². The van der Waals surface area contributed by atoms with Crippen LogP contribution in [0.3, 0.4) is 0 Å². The quantitative estimate of drug-likeness (QED) is 0.219. The molecule has 2 fully saturated rings. The van der Waals surface area contributed by atoms with Gasteiger partial charge in [0.25, 0.3) is 0 Å². The molecule has 200 valence electrons. The predicted octanol–water partition coefficient (Wildman–Crippen LogP) is 5.48. The van der Waals surface area contributed by atoms with E-state index in [4.69, 9.17) is 4.74 Å². The minimum absolute atomic E-state index is 0.102. The van der Waals surface area contributed by atoms with Crippen molar-refractivity contribution in [1.82, 2.24) is 13.9 Å². The van der Waals surface area contributed by atoms with Crippen LogP contribution in [0.25, 0.3) is 11.0 Å². The second kappa shape index (κ2) is 10.5. The van der Waals surface area contributed by atoms with Crippen LogP contribution in [-0.4, -0.2) is 48.1 Å². The van der Waals surface area contributed by atoms with Crippen molar-refractivity contribution in [2.45, 2.75) is 61.1 Å². The fourth-order valence-electron chi connectivity index (χ4n) is 4.93. The van der Waals surface area contributed by atoms with Gasteiger partial charge in [-0.3, -0.25) is 0 Å². The Morgan fingerprint density at radius 2 is 1.84 bits per heavy atom. The van der Waals surface area contributed by atoms with E-state index >= 15 is 0 Å². The maximum absolute atomic E-state index is 14.3. The normalized spacial score (nSPS) is 21.2. The number of imidazole rings is 1. The number of ether oxygens (including phenoxy) is 1. The molecule has 2 aliphatic heterocycles. The van der Waals surface area contributed by atoms with Gasteiger partial charge in [-0.2, -0.15) is 4.31 Å².